The molecule has 0 heterocycles. The summed E-state index contributed by atoms with van der Waals surface area (Å²) in [4.78, 5) is 33.5. The van der Waals surface area contributed by atoms with E-state index in [0.717, 1.165) is 5.69 Å². The van der Waals surface area contributed by atoms with Gasteiger partial charge in [-0.3, -0.25) is 4.79 Å². The quantitative estimate of drug-likeness (QED) is 0.356. The number of hydrogen-bond donors (Lipinski definition) is 2. The number of primary amides is 1. The Morgan fingerprint density at radius 3 is 2.18 bits per heavy atom. The lowest BCUT2D eigenvalue weighted by Crippen LogP contribution is -2.33. The molecule has 1 amide bonds. The number of azo groups is 1. The number of nitrogens with two attached hydrogens (primary N) is 1. The van der Waals surface area contributed by atoms with Crippen molar-refractivity contribution in [1.29, 1.82) is 0 Å². The third kappa shape index (κ3) is 8.06. The summed E-state index contributed by atoms with van der Waals surface area (Å²) in [5.74, 6) is -0.457. The van der Waals surface area contributed by atoms with Gasteiger partial charge in [0, 0.05) is 5.57 Å². The molecule has 1 aliphatic carbocycles. The molecular formula is C24H25N3O6. The Labute approximate surface area is 191 Å². The van der Waals surface area contributed by atoms with E-state index in [0.29, 0.717) is 17.0 Å². The molecule has 1 unspecified atom stereocenters. The van der Waals surface area contributed by atoms with Gasteiger partial charge in [-0.15, -0.1) is 0 Å². The van der Waals surface area contributed by atoms with Gasteiger partial charge < -0.3 is 20.3 Å². The molecule has 1 atom stereocenters. The van der Waals surface area contributed by atoms with Crippen LogP contribution < -0.4 is 10.5 Å². The maximum atomic E-state index is 12.7. The Kier molecular flexibility index (Phi) is 9.05. The van der Waals surface area contributed by atoms with Crippen molar-refractivity contribution in [2.24, 2.45) is 21.4 Å². The first-order valence-electron chi connectivity index (χ1n) is 10.1. The molecule has 9 heteroatoms. The molecule has 2 aromatic rings. The summed E-state index contributed by atoms with van der Waals surface area (Å²) in [6.07, 6.45) is 3.98. The number of benzene rings is 2. The van der Waals surface area contributed by atoms with E-state index in [1.54, 1.807) is 56.3 Å². The lowest BCUT2D eigenvalue weighted by Gasteiger charge is -2.26. The van der Waals surface area contributed by atoms with E-state index in [1.165, 1.54) is 0 Å². The fourth-order valence-corrected chi connectivity index (χ4v) is 2.81. The minimum absolute atomic E-state index is 0.227. The van der Waals surface area contributed by atoms with Crippen LogP contribution in [0.1, 0.15) is 20.3 Å². The summed E-state index contributed by atoms with van der Waals surface area (Å²) in [7, 11) is 0. The van der Waals surface area contributed by atoms with E-state index in [-0.39, 0.29) is 13.0 Å². The molecule has 33 heavy (non-hydrogen) atoms. The van der Waals surface area contributed by atoms with Gasteiger partial charge in [-0.2, -0.15) is 10.2 Å². The van der Waals surface area contributed by atoms with Crippen LogP contribution in [0.5, 0.6) is 5.75 Å². The van der Waals surface area contributed by atoms with Gasteiger partial charge in [0.05, 0.1) is 23.4 Å². The molecule has 0 aliphatic heterocycles. The highest BCUT2D eigenvalue weighted by Gasteiger charge is 2.37. The lowest BCUT2D eigenvalue weighted by molar-refractivity contribution is -0.143. The van der Waals surface area contributed by atoms with Crippen molar-refractivity contribution in [2.75, 3.05) is 6.61 Å². The molecule has 0 fully saturated rings. The minimum Gasteiger partial charge on any atom is -0.465 e. The monoisotopic (exact) mass is 451 g/mol. The molecule has 0 saturated carbocycles. The maximum absolute atomic E-state index is 12.7. The van der Waals surface area contributed by atoms with Crippen molar-refractivity contribution < 1.29 is 29.0 Å². The summed E-state index contributed by atoms with van der Waals surface area (Å²) in [5.41, 5.74) is 4.93. The SMILES string of the molecule is CCOC(=O)C1=CC=CC(C)(C(=O)Oc2ccc(N=Nc3ccccc3)cc2)C1.NC(=O)O. The lowest BCUT2D eigenvalue weighted by atomic mass is 9.80. The van der Waals surface area contributed by atoms with Gasteiger partial charge in [0.1, 0.15) is 5.75 Å². The Hall–Kier alpha value is -4.27. The van der Waals surface area contributed by atoms with Crippen molar-refractivity contribution in [2.45, 2.75) is 20.3 Å². The molecule has 9 nitrogen and oxygen atoms in total. The number of amides is 1. The first kappa shape index (κ1) is 25.0. The van der Waals surface area contributed by atoms with Crippen LogP contribution in [-0.4, -0.2) is 29.7 Å². The molecule has 172 valence electrons. The van der Waals surface area contributed by atoms with Crippen LogP contribution in [0.15, 0.2) is 88.6 Å². The van der Waals surface area contributed by atoms with Crippen molar-refractivity contribution >= 4 is 29.4 Å². The number of carbonyl (C=O) groups excluding carboxylic acids is 2. The third-order valence-electron chi connectivity index (χ3n) is 4.41. The average molecular weight is 451 g/mol. The molecule has 0 spiro atoms. The Bertz CT molecular complexity index is 1060. The topological polar surface area (TPSA) is 141 Å². The van der Waals surface area contributed by atoms with Gasteiger partial charge >= 0.3 is 18.0 Å². The number of carbonyl (C=O) groups is 3. The Morgan fingerprint density at radius 2 is 1.61 bits per heavy atom. The zero-order valence-corrected chi connectivity index (χ0v) is 18.3. The third-order valence-corrected chi connectivity index (χ3v) is 4.41. The van der Waals surface area contributed by atoms with E-state index < -0.39 is 23.4 Å². The molecular weight excluding hydrogens is 426 g/mol. The van der Waals surface area contributed by atoms with E-state index in [1.807, 2.05) is 30.3 Å². The number of allylic oxidation sites excluding steroid dienone is 2. The molecule has 1 aliphatic rings. The van der Waals surface area contributed by atoms with E-state index in [2.05, 4.69) is 16.0 Å². The van der Waals surface area contributed by atoms with E-state index >= 15 is 0 Å². The Balaban J connectivity index is 0.000000890. The van der Waals surface area contributed by atoms with Crippen LogP contribution in [0.25, 0.3) is 0 Å². The normalized spacial score (nSPS) is 16.8. The van der Waals surface area contributed by atoms with Gasteiger partial charge in [-0.25, -0.2) is 9.59 Å². The van der Waals surface area contributed by atoms with Gasteiger partial charge in [0.15, 0.2) is 0 Å². The zero-order valence-electron chi connectivity index (χ0n) is 18.3. The predicted octanol–water partition coefficient (Wildman–Crippen LogP) is 5.09. The molecule has 2 aromatic carbocycles. The first-order valence-corrected chi connectivity index (χ1v) is 10.1. The first-order chi connectivity index (χ1) is 15.7. The molecule has 3 N–H and O–H groups in total. The molecule has 0 saturated heterocycles. The Morgan fingerprint density at radius 1 is 1.03 bits per heavy atom. The van der Waals surface area contributed by atoms with Gasteiger partial charge in [0.25, 0.3) is 0 Å². The minimum atomic E-state index is -1.33. The van der Waals surface area contributed by atoms with Crippen molar-refractivity contribution in [1.82, 2.24) is 0 Å². The summed E-state index contributed by atoms with van der Waals surface area (Å²) in [5, 5.41) is 15.5. The number of esters is 2. The molecule has 3 rings (SSSR count). The number of rotatable bonds is 6. The fourth-order valence-electron chi connectivity index (χ4n) is 2.81. The highest BCUT2D eigenvalue weighted by molar-refractivity contribution is 5.92. The van der Waals surface area contributed by atoms with E-state index in [9.17, 15) is 9.59 Å². The maximum Gasteiger partial charge on any atom is 0.402 e. The highest BCUT2D eigenvalue weighted by Crippen LogP contribution is 2.34. The fraction of sp³-hybridized carbons (Fsp3) is 0.208. The summed E-state index contributed by atoms with van der Waals surface area (Å²) in [6, 6.07) is 16.2. The van der Waals surface area contributed by atoms with E-state index in [4.69, 9.17) is 19.4 Å². The van der Waals surface area contributed by atoms with Crippen LogP contribution in [0, 0.1) is 5.41 Å². The van der Waals surface area contributed by atoms with Crippen molar-refractivity contribution in [3.63, 3.8) is 0 Å². The number of carboxylic acid groups (broad SMARTS) is 1. The van der Waals surface area contributed by atoms with Crippen LogP contribution in [0.3, 0.4) is 0 Å². The highest BCUT2D eigenvalue weighted by atomic mass is 16.5. The zero-order chi connectivity index (χ0) is 24.3. The van der Waals surface area contributed by atoms with Gasteiger partial charge in [0.2, 0.25) is 0 Å². The standard InChI is InChI=1S/C23H22N2O4.CH3NO2/c1-3-28-21(26)17-8-7-15-23(2,16-17)22(27)29-20-13-11-19(12-14-20)25-24-18-9-5-4-6-10-18;2-1(3)4/h4-15H,3,16H2,1-2H3;2H2,(H,3,4). The number of hydrogen-bond acceptors (Lipinski definition) is 7. The van der Waals surface area contributed by atoms with Crippen LogP contribution in [-0.2, 0) is 14.3 Å². The second kappa shape index (κ2) is 11.9. The number of ether oxygens (including phenoxy) is 2. The average Bonchev–Trinajstić information content (AvgIpc) is 2.79. The summed E-state index contributed by atoms with van der Waals surface area (Å²) in [6.45, 7) is 3.77. The van der Waals surface area contributed by atoms with Gasteiger partial charge in [-0.05, 0) is 56.7 Å². The summed E-state index contributed by atoms with van der Waals surface area (Å²) >= 11 is 0. The van der Waals surface area contributed by atoms with Crippen LogP contribution in [0.2, 0.25) is 0 Å². The smallest absolute Gasteiger partial charge is 0.402 e. The number of nitrogens with zero attached hydrogens (tertiary/aromatic N) is 2. The van der Waals surface area contributed by atoms with Crippen molar-refractivity contribution in [3.8, 4) is 5.75 Å². The molecule has 0 aromatic heterocycles. The van der Waals surface area contributed by atoms with Crippen molar-refractivity contribution in [3.05, 3.63) is 78.4 Å². The second-order valence-electron chi connectivity index (χ2n) is 7.12. The van der Waals surface area contributed by atoms with Crippen LogP contribution >= 0.6 is 0 Å². The summed E-state index contributed by atoms with van der Waals surface area (Å²) < 4.78 is 10.5. The largest absolute Gasteiger partial charge is 0.465 e. The molecule has 0 radical (unpaired) electrons. The van der Waals surface area contributed by atoms with Gasteiger partial charge in [-0.1, -0.05) is 36.4 Å². The predicted molar refractivity (Wildman–Crippen MR) is 121 cm³/mol. The molecule has 0 bridgehead atoms. The second-order valence-corrected chi connectivity index (χ2v) is 7.12. The van der Waals surface area contributed by atoms with Crippen LogP contribution in [0.4, 0.5) is 16.2 Å².